The number of nitrogens with zero attached hydrogens (tertiary/aromatic N) is 5. The molecular weight excluding hydrogens is 348 g/mol. The van der Waals surface area contributed by atoms with Crippen LogP contribution < -0.4 is 5.73 Å². The SMILES string of the molecule is CCCc1nc(CSc2nnc(-c3cccs3)n2CC(N)=O)no1. The van der Waals surface area contributed by atoms with Gasteiger partial charge in [0, 0.05) is 6.42 Å². The van der Waals surface area contributed by atoms with Gasteiger partial charge in [-0.15, -0.1) is 21.5 Å². The van der Waals surface area contributed by atoms with Gasteiger partial charge in [0.1, 0.15) is 6.54 Å². The number of carbonyl (C=O) groups excluding carboxylic acids is 1. The number of carbonyl (C=O) groups is 1. The smallest absolute Gasteiger partial charge is 0.237 e. The number of aryl methyl sites for hydroxylation is 1. The van der Waals surface area contributed by atoms with E-state index in [0.717, 1.165) is 17.7 Å². The van der Waals surface area contributed by atoms with Crippen LogP contribution in [0.25, 0.3) is 10.7 Å². The normalized spacial score (nSPS) is 11.0. The molecule has 0 saturated heterocycles. The van der Waals surface area contributed by atoms with E-state index in [9.17, 15) is 4.79 Å². The minimum atomic E-state index is -0.445. The average Bonchev–Trinajstić information content (AvgIpc) is 3.26. The summed E-state index contributed by atoms with van der Waals surface area (Å²) in [7, 11) is 0. The zero-order valence-electron chi connectivity index (χ0n) is 13.0. The van der Waals surface area contributed by atoms with Gasteiger partial charge >= 0.3 is 0 Å². The summed E-state index contributed by atoms with van der Waals surface area (Å²) >= 11 is 2.92. The number of hydrogen-bond donors (Lipinski definition) is 1. The Bertz CT molecular complexity index is 811. The van der Waals surface area contributed by atoms with E-state index in [1.54, 1.807) is 4.57 Å². The van der Waals surface area contributed by atoms with Crippen molar-refractivity contribution in [3.63, 3.8) is 0 Å². The summed E-state index contributed by atoms with van der Waals surface area (Å²) in [5.41, 5.74) is 5.36. The monoisotopic (exact) mass is 364 g/mol. The Morgan fingerprint density at radius 3 is 3.04 bits per heavy atom. The van der Waals surface area contributed by atoms with E-state index in [0.29, 0.717) is 28.4 Å². The van der Waals surface area contributed by atoms with Crippen LogP contribution in [0, 0.1) is 0 Å². The van der Waals surface area contributed by atoms with Crippen LogP contribution in [0.3, 0.4) is 0 Å². The molecule has 0 aliphatic rings. The van der Waals surface area contributed by atoms with Crippen molar-refractivity contribution in [3.05, 3.63) is 29.2 Å². The van der Waals surface area contributed by atoms with Gasteiger partial charge in [-0.1, -0.05) is 29.9 Å². The molecule has 0 radical (unpaired) electrons. The van der Waals surface area contributed by atoms with Gasteiger partial charge in [-0.05, 0) is 17.9 Å². The first-order valence-electron chi connectivity index (χ1n) is 7.37. The minimum Gasteiger partial charge on any atom is -0.368 e. The van der Waals surface area contributed by atoms with E-state index in [1.165, 1.54) is 23.1 Å². The van der Waals surface area contributed by atoms with Crippen LogP contribution in [0.1, 0.15) is 25.1 Å². The molecule has 0 unspecified atom stereocenters. The van der Waals surface area contributed by atoms with Gasteiger partial charge in [-0.25, -0.2) is 0 Å². The topological polar surface area (TPSA) is 113 Å². The molecule has 3 aromatic heterocycles. The highest BCUT2D eigenvalue weighted by atomic mass is 32.2. The number of rotatable bonds is 8. The molecule has 0 saturated carbocycles. The lowest BCUT2D eigenvalue weighted by Gasteiger charge is -2.06. The van der Waals surface area contributed by atoms with Gasteiger partial charge in [0.25, 0.3) is 0 Å². The third-order valence-electron chi connectivity index (χ3n) is 3.08. The lowest BCUT2D eigenvalue weighted by atomic mass is 10.3. The maximum atomic E-state index is 11.4. The van der Waals surface area contributed by atoms with E-state index in [2.05, 4.69) is 27.3 Å². The van der Waals surface area contributed by atoms with Crippen molar-refractivity contribution in [2.45, 2.75) is 37.2 Å². The number of thiophene rings is 1. The first-order chi connectivity index (χ1) is 11.7. The largest absolute Gasteiger partial charge is 0.368 e. The van der Waals surface area contributed by atoms with Crippen molar-refractivity contribution in [1.29, 1.82) is 0 Å². The van der Waals surface area contributed by atoms with Gasteiger partial charge in [-0.2, -0.15) is 4.98 Å². The number of aromatic nitrogens is 5. The summed E-state index contributed by atoms with van der Waals surface area (Å²) in [5.74, 6) is 1.89. The van der Waals surface area contributed by atoms with Crippen molar-refractivity contribution in [3.8, 4) is 10.7 Å². The average molecular weight is 364 g/mol. The van der Waals surface area contributed by atoms with Crippen LogP contribution in [0.5, 0.6) is 0 Å². The van der Waals surface area contributed by atoms with Gasteiger partial charge in [0.15, 0.2) is 16.8 Å². The molecule has 2 N–H and O–H groups in total. The summed E-state index contributed by atoms with van der Waals surface area (Å²) in [6.45, 7) is 2.08. The number of primary amides is 1. The quantitative estimate of drug-likeness (QED) is 0.609. The Morgan fingerprint density at radius 2 is 2.33 bits per heavy atom. The third-order valence-corrected chi connectivity index (χ3v) is 4.91. The first-order valence-corrected chi connectivity index (χ1v) is 9.23. The van der Waals surface area contributed by atoms with Gasteiger partial charge < -0.3 is 10.3 Å². The van der Waals surface area contributed by atoms with Crippen LogP contribution in [0.15, 0.2) is 27.2 Å². The number of amides is 1. The second kappa shape index (κ2) is 7.58. The summed E-state index contributed by atoms with van der Waals surface area (Å²) in [6, 6.07) is 3.85. The van der Waals surface area contributed by atoms with Crippen molar-refractivity contribution in [1.82, 2.24) is 24.9 Å². The van der Waals surface area contributed by atoms with Crippen molar-refractivity contribution < 1.29 is 9.32 Å². The summed E-state index contributed by atoms with van der Waals surface area (Å²) in [6.07, 6.45) is 1.71. The second-order valence-corrected chi connectivity index (χ2v) is 6.87. The molecule has 8 nitrogen and oxygen atoms in total. The fourth-order valence-corrected chi connectivity index (χ4v) is 3.57. The van der Waals surface area contributed by atoms with Crippen LogP contribution in [0.2, 0.25) is 0 Å². The molecule has 0 spiro atoms. The maximum Gasteiger partial charge on any atom is 0.237 e. The molecule has 0 bridgehead atoms. The van der Waals surface area contributed by atoms with E-state index in [4.69, 9.17) is 10.3 Å². The van der Waals surface area contributed by atoms with E-state index in [1.807, 2.05) is 17.5 Å². The van der Waals surface area contributed by atoms with Crippen molar-refractivity contribution >= 4 is 29.0 Å². The van der Waals surface area contributed by atoms with Gasteiger partial charge in [-0.3, -0.25) is 9.36 Å². The van der Waals surface area contributed by atoms with E-state index < -0.39 is 5.91 Å². The Hall–Kier alpha value is -2.20. The highest BCUT2D eigenvalue weighted by Gasteiger charge is 2.17. The predicted molar refractivity (Wildman–Crippen MR) is 90.4 cm³/mol. The lowest BCUT2D eigenvalue weighted by molar-refractivity contribution is -0.118. The number of hydrogen-bond acceptors (Lipinski definition) is 8. The fraction of sp³-hybridized carbons (Fsp3) is 0.357. The van der Waals surface area contributed by atoms with E-state index >= 15 is 0 Å². The summed E-state index contributed by atoms with van der Waals surface area (Å²) in [4.78, 5) is 16.6. The molecule has 24 heavy (non-hydrogen) atoms. The molecule has 0 aliphatic heterocycles. The molecule has 0 aliphatic carbocycles. The molecule has 0 fully saturated rings. The molecule has 1 amide bonds. The summed E-state index contributed by atoms with van der Waals surface area (Å²) in [5, 5.41) is 14.8. The van der Waals surface area contributed by atoms with Crippen LogP contribution >= 0.6 is 23.1 Å². The molecule has 0 atom stereocenters. The second-order valence-electron chi connectivity index (χ2n) is 4.98. The first kappa shape index (κ1) is 16.7. The molecule has 126 valence electrons. The third kappa shape index (κ3) is 3.82. The number of thioether (sulfide) groups is 1. The minimum absolute atomic E-state index is 0.0237. The zero-order chi connectivity index (χ0) is 16.9. The maximum absolute atomic E-state index is 11.4. The Kier molecular flexibility index (Phi) is 5.26. The zero-order valence-corrected chi connectivity index (χ0v) is 14.6. The molecular formula is C14H16N6O2S2. The molecule has 3 rings (SSSR count). The molecule has 0 aromatic carbocycles. The Balaban J connectivity index is 1.78. The van der Waals surface area contributed by atoms with Crippen LogP contribution in [-0.4, -0.2) is 30.8 Å². The van der Waals surface area contributed by atoms with Gasteiger partial charge in [0.05, 0.1) is 10.6 Å². The number of nitrogens with two attached hydrogens (primary N) is 1. The van der Waals surface area contributed by atoms with Crippen molar-refractivity contribution in [2.24, 2.45) is 5.73 Å². The van der Waals surface area contributed by atoms with Crippen LogP contribution in [0.4, 0.5) is 0 Å². The molecule has 3 heterocycles. The molecule has 10 heteroatoms. The van der Waals surface area contributed by atoms with Gasteiger partial charge in [0.2, 0.25) is 11.8 Å². The fourth-order valence-electron chi connectivity index (χ4n) is 2.08. The van der Waals surface area contributed by atoms with E-state index in [-0.39, 0.29) is 6.54 Å². The standard InChI is InChI=1S/C14H16N6O2S2/c1-2-4-12-16-11(19-22-12)8-24-14-18-17-13(9-5-3-6-23-9)20(14)7-10(15)21/h3,5-6H,2,4,7-8H2,1H3,(H2,15,21). The molecule has 3 aromatic rings. The Morgan fingerprint density at radius 1 is 1.46 bits per heavy atom. The lowest BCUT2D eigenvalue weighted by Crippen LogP contribution is -2.19. The predicted octanol–water partition coefficient (Wildman–Crippen LogP) is 2.12. The van der Waals surface area contributed by atoms with Crippen LogP contribution in [-0.2, 0) is 23.5 Å². The van der Waals surface area contributed by atoms with Crippen molar-refractivity contribution in [2.75, 3.05) is 0 Å². The Labute approximate surface area is 146 Å². The summed E-state index contributed by atoms with van der Waals surface area (Å²) < 4.78 is 6.88. The highest BCUT2D eigenvalue weighted by molar-refractivity contribution is 7.98. The highest BCUT2D eigenvalue weighted by Crippen LogP contribution is 2.28.